The number of nitrogens with zero attached hydrogens (tertiary/aromatic N) is 6. The number of fused-ring (bicyclic) bond motifs is 1. The number of imidazole rings is 1. The molecule has 5 aromatic rings. The van der Waals surface area contributed by atoms with Crippen LogP contribution in [0.4, 0.5) is 0 Å². The molecule has 1 aliphatic rings. The summed E-state index contributed by atoms with van der Waals surface area (Å²) < 4.78 is 0. The predicted molar refractivity (Wildman–Crippen MR) is 154 cm³/mol. The van der Waals surface area contributed by atoms with Gasteiger partial charge in [-0.05, 0) is 60.7 Å². The third kappa shape index (κ3) is 5.26. The second kappa shape index (κ2) is 11.1. The minimum absolute atomic E-state index is 0.629. The van der Waals surface area contributed by atoms with E-state index in [0.717, 1.165) is 63.2 Å². The maximum Gasteiger partial charge on any atom is 0.159 e. The fraction of sp³-hybridized carbons (Fsp3) is 0.267. The van der Waals surface area contributed by atoms with E-state index in [1.165, 1.54) is 25.7 Å². The highest BCUT2D eigenvalue weighted by Gasteiger charge is 2.16. The summed E-state index contributed by atoms with van der Waals surface area (Å²) >= 11 is 0. The van der Waals surface area contributed by atoms with Crippen molar-refractivity contribution in [2.45, 2.75) is 32.2 Å². The highest BCUT2D eigenvalue weighted by molar-refractivity contribution is 6.21. The van der Waals surface area contributed by atoms with Gasteiger partial charge in [0, 0.05) is 60.9 Å². The lowest BCUT2D eigenvalue weighted by molar-refractivity contribution is 0.489. The van der Waals surface area contributed by atoms with Crippen molar-refractivity contribution in [3.63, 3.8) is 0 Å². The standard InChI is InChI=1S/C30H31N9/c1-19-24(12-26(31-2)23-11-21(15-34-16-23)14-33-13-20-5-3-4-6-20)29(39-38-19)30-36-27-18-35-17-25(28(27)37-30)22-7-9-32-10-8-22/h7-12,15-18,20,33,38H,1,3-6,13-14H2,2H3,(H,36,37)/b24-12+,31-26+. The fourth-order valence-corrected chi connectivity index (χ4v) is 5.28. The van der Waals surface area contributed by atoms with Crippen LogP contribution in [0.3, 0.4) is 0 Å². The first-order valence-corrected chi connectivity index (χ1v) is 13.3. The van der Waals surface area contributed by atoms with Crippen molar-refractivity contribution in [3.8, 4) is 22.6 Å². The van der Waals surface area contributed by atoms with Crippen LogP contribution in [0.5, 0.6) is 0 Å². The Balaban J connectivity index is 1.31. The van der Waals surface area contributed by atoms with Crippen LogP contribution in [0.1, 0.15) is 36.8 Å². The van der Waals surface area contributed by atoms with E-state index < -0.39 is 0 Å². The smallest absolute Gasteiger partial charge is 0.159 e. The number of aromatic amines is 2. The molecule has 0 aromatic carbocycles. The van der Waals surface area contributed by atoms with Crippen molar-refractivity contribution in [3.05, 3.63) is 77.1 Å². The third-order valence-electron chi connectivity index (χ3n) is 7.34. The molecule has 0 amide bonds. The number of aromatic nitrogens is 7. The van der Waals surface area contributed by atoms with Crippen LogP contribution in [0, 0.1) is 5.92 Å². The molecule has 1 fully saturated rings. The van der Waals surface area contributed by atoms with E-state index in [2.05, 4.69) is 53.1 Å². The van der Waals surface area contributed by atoms with Gasteiger partial charge in [0.2, 0.25) is 0 Å². The first-order valence-electron chi connectivity index (χ1n) is 13.3. The quantitative estimate of drug-likeness (QED) is 0.271. The van der Waals surface area contributed by atoms with E-state index in [9.17, 15) is 0 Å². The Morgan fingerprint density at radius 1 is 1.10 bits per heavy atom. The SMILES string of the molecule is C=c1[nH]nc(-c2nc3c(-c4ccncc4)cncc3[nH]2)/c1=C/C(=N\C)c1cncc(CNCC2CCCC2)c1. The molecule has 3 N–H and O–H groups in total. The number of pyridine rings is 3. The molecule has 196 valence electrons. The van der Waals surface area contributed by atoms with Crippen molar-refractivity contribution in [2.24, 2.45) is 10.9 Å². The third-order valence-corrected chi connectivity index (χ3v) is 7.34. The average Bonchev–Trinajstić information content (AvgIpc) is 3.72. The lowest BCUT2D eigenvalue weighted by Gasteiger charge is -2.11. The topological polar surface area (TPSA) is 120 Å². The van der Waals surface area contributed by atoms with Crippen molar-refractivity contribution < 1.29 is 0 Å². The molecule has 0 atom stereocenters. The highest BCUT2D eigenvalue weighted by Crippen LogP contribution is 2.27. The van der Waals surface area contributed by atoms with Crippen molar-refractivity contribution in [1.29, 1.82) is 0 Å². The van der Waals surface area contributed by atoms with Crippen LogP contribution < -0.4 is 15.9 Å². The van der Waals surface area contributed by atoms with E-state index in [0.29, 0.717) is 16.9 Å². The Bertz CT molecular complexity index is 1730. The zero-order valence-electron chi connectivity index (χ0n) is 22.0. The molecule has 5 aromatic heterocycles. The fourth-order valence-electron chi connectivity index (χ4n) is 5.28. The Morgan fingerprint density at radius 2 is 1.92 bits per heavy atom. The summed E-state index contributed by atoms with van der Waals surface area (Å²) in [5.74, 6) is 1.43. The summed E-state index contributed by atoms with van der Waals surface area (Å²) in [7, 11) is 1.78. The molecule has 9 nitrogen and oxygen atoms in total. The van der Waals surface area contributed by atoms with E-state index in [1.807, 2.05) is 36.8 Å². The maximum absolute atomic E-state index is 4.91. The van der Waals surface area contributed by atoms with E-state index in [4.69, 9.17) is 4.98 Å². The lowest BCUT2D eigenvalue weighted by Crippen LogP contribution is -2.24. The number of nitrogens with one attached hydrogen (secondary N) is 3. The predicted octanol–water partition coefficient (Wildman–Crippen LogP) is 3.39. The number of hydrogen-bond donors (Lipinski definition) is 3. The molecule has 0 spiro atoms. The monoisotopic (exact) mass is 517 g/mol. The van der Waals surface area contributed by atoms with Gasteiger partial charge in [-0.2, -0.15) is 5.10 Å². The number of aliphatic imine (C=N–C) groups is 1. The van der Waals surface area contributed by atoms with Gasteiger partial charge in [0.1, 0.15) is 5.69 Å². The molecular weight excluding hydrogens is 486 g/mol. The van der Waals surface area contributed by atoms with Gasteiger partial charge in [0.05, 0.1) is 28.3 Å². The zero-order valence-corrected chi connectivity index (χ0v) is 22.0. The Hall–Kier alpha value is -4.50. The Morgan fingerprint density at radius 3 is 2.74 bits per heavy atom. The van der Waals surface area contributed by atoms with Gasteiger partial charge in [-0.15, -0.1) is 0 Å². The van der Waals surface area contributed by atoms with Crippen LogP contribution in [-0.4, -0.2) is 54.4 Å². The second-order valence-corrected chi connectivity index (χ2v) is 9.99. The molecule has 6 rings (SSSR count). The maximum atomic E-state index is 4.91. The molecule has 0 radical (unpaired) electrons. The van der Waals surface area contributed by atoms with Gasteiger partial charge in [-0.25, -0.2) is 4.98 Å². The molecule has 1 aliphatic carbocycles. The van der Waals surface area contributed by atoms with Crippen molar-refractivity contribution in [1.82, 2.24) is 40.4 Å². The average molecular weight is 518 g/mol. The summed E-state index contributed by atoms with van der Waals surface area (Å²) in [6, 6.07) is 6.04. The molecular formula is C30H31N9. The van der Waals surface area contributed by atoms with Crippen LogP contribution in [-0.2, 0) is 6.54 Å². The molecule has 1 saturated carbocycles. The summed E-state index contributed by atoms with van der Waals surface area (Å²) in [4.78, 5) is 25.9. The van der Waals surface area contributed by atoms with Gasteiger partial charge in [-0.3, -0.25) is 25.0 Å². The Labute approximate surface area is 226 Å². The normalized spacial score (nSPS) is 15.0. The zero-order chi connectivity index (χ0) is 26.6. The van der Waals surface area contributed by atoms with Gasteiger partial charge in [-0.1, -0.05) is 19.4 Å². The summed E-state index contributed by atoms with van der Waals surface area (Å²) in [5, 5.41) is 12.7. The van der Waals surface area contributed by atoms with E-state index >= 15 is 0 Å². The Kier molecular flexibility index (Phi) is 7.05. The van der Waals surface area contributed by atoms with Gasteiger partial charge in [0.25, 0.3) is 0 Å². The van der Waals surface area contributed by atoms with Crippen molar-refractivity contribution >= 4 is 29.4 Å². The van der Waals surface area contributed by atoms with Crippen LogP contribution in [0.15, 0.2) is 60.4 Å². The number of H-pyrrole nitrogens is 2. The minimum atomic E-state index is 0.629. The lowest BCUT2D eigenvalue weighted by atomic mass is 10.1. The molecule has 5 heterocycles. The molecule has 0 bridgehead atoms. The van der Waals surface area contributed by atoms with E-state index in [1.54, 1.807) is 25.6 Å². The highest BCUT2D eigenvalue weighted by atomic mass is 15.1. The van der Waals surface area contributed by atoms with Gasteiger partial charge < -0.3 is 10.3 Å². The summed E-state index contributed by atoms with van der Waals surface area (Å²) in [6.45, 7) is 6.02. The van der Waals surface area contributed by atoms with E-state index in [-0.39, 0.29) is 0 Å². The number of hydrogen-bond acceptors (Lipinski definition) is 7. The van der Waals surface area contributed by atoms with Gasteiger partial charge in [0.15, 0.2) is 5.82 Å². The molecule has 9 heteroatoms. The van der Waals surface area contributed by atoms with Crippen LogP contribution in [0.25, 0.3) is 46.3 Å². The summed E-state index contributed by atoms with van der Waals surface area (Å²) in [6.07, 6.45) is 18.2. The molecule has 0 aliphatic heterocycles. The number of rotatable bonds is 8. The molecule has 39 heavy (non-hydrogen) atoms. The largest absolute Gasteiger partial charge is 0.335 e. The molecule has 0 saturated heterocycles. The first kappa shape index (κ1) is 24.8. The first-order chi connectivity index (χ1) is 19.2. The van der Waals surface area contributed by atoms with Crippen LogP contribution >= 0.6 is 0 Å². The van der Waals surface area contributed by atoms with Crippen LogP contribution in [0.2, 0.25) is 0 Å². The minimum Gasteiger partial charge on any atom is -0.335 e. The van der Waals surface area contributed by atoms with Gasteiger partial charge >= 0.3 is 0 Å². The molecule has 0 unspecified atom stereocenters. The summed E-state index contributed by atoms with van der Waals surface area (Å²) in [5.41, 5.74) is 7.10. The second-order valence-electron chi connectivity index (χ2n) is 9.99. The van der Waals surface area contributed by atoms with Crippen molar-refractivity contribution in [2.75, 3.05) is 13.6 Å².